The Labute approximate surface area is 95.1 Å². The maximum atomic E-state index is 12.4. The Morgan fingerprint density at radius 2 is 1.94 bits per heavy atom. The monoisotopic (exact) mass is 246 g/mol. The molecule has 0 saturated carbocycles. The van der Waals surface area contributed by atoms with Gasteiger partial charge >= 0.3 is 6.18 Å². The van der Waals surface area contributed by atoms with Crippen LogP contribution in [0.2, 0.25) is 0 Å². The van der Waals surface area contributed by atoms with Crippen LogP contribution in [0.4, 0.5) is 13.2 Å². The van der Waals surface area contributed by atoms with Crippen LogP contribution in [-0.2, 0) is 0 Å². The molecule has 0 saturated heterocycles. The van der Waals surface area contributed by atoms with Crippen molar-refractivity contribution < 1.29 is 27.4 Å². The SMILES string of the molecule is CC(C(=O)c1ccc2c(c1)OCO2)C(F)(F)F. The molecule has 1 heterocycles. The third-order valence-corrected chi connectivity index (χ3v) is 2.54. The van der Waals surface area contributed by atoms with Crippen molar-refractivity contribution in [3.8, 4) is 11.5 Å². The maximum absolute atomic E-state index is 12.4. The lowest BCUT2D eigenvalue weighted by atomic mass is 9.98. The molecule has 1 aliphatic heterocycles. The van der Waals surface area contributed by atoms with Crippen molar-refractivity contribution >= 4 is 5.78 Å². The zero-order valence-corrected chi connectivity index (χ0v) is 8.88. The number of halogens is 3. The van der Waals surface area contributed by atoms with Gasteiger partial charge in [-0.1, -0.05) is 0 Å². The first-order chi connectivity index (χ1) is 7.89. The third-order valence-electron chi connectivity index (χ3n) is 2.54. The first-order valence-corrected chi connectivity index (χ1v) is 4.90. The third kappa shape index (κ3) is 2.20. The Morgan fingerprint density at radius 3 is 2.59 bits per heavy atom. The highest BCUT2D eigenvalue weighted by molar-refractivity contribution is 5.98. The van der Waals surface area contributed by atoms with E-state index in [0.717, 1.165) is 6.92 Å². The van der Waals surface area contributed by atoms with E-state index in [-0.39, 0.29) is 12.4 Å². The van der Waals surface area contributed by atoms with Crippen molar-refractivity contribution in [1.82, 2.24) is 0 Å². The summed E-state index contributed by atoms with van der Waals surface area (Å²) in [5.41, 5.74) is -0.0286. The van der Waals surface area contributed by atoms with Crippen LogP contribution in [-0.4, -0.2) is 18.8 Å². The number of benzene rings is 1. The van der Waals surface area contributed by atoms with Crippen molar-refractivity contribution in [3.63, 3.8) is 0 Å². The number of ketones is 1. The Balaban J connectivity index is 2.26. The van der Waals surface area contributed by atoms with Gasteiger partial charge in [0.1, 0.15) is 5.92 Å². The molecule has 1 unspecified atom stereocenters. The lowest BCUT2D eigenvalue weighted by molar-refractivity contribution is -0.155. The summed E-state index contributed by atoms with van der Waals surface area (Å²) in [5.74, 6) is -2.27. The Morgan fingerprint density at radius 1 is 1.29 bits per heavy atom. The summed E-state index contributed by atoms with van der Waals surface area (Å²) < 4.78 is 47.2. The highest BCUT2D eigenvalue weighted by Gasteiger charge is 2.41. The lowest BCUT2D eigenvalue weighted by Gasteiger charge is -2.14. The van der Waals surface area contributed by atoms with Gasteiger partial charge in [0.2, 0.25) is 6.79 Å². The fourth-order valence-corrected chi connectivity index (χ4v) is 1.45. The molecule has 1 aromatic rings. The number of Topliss-reactive ketones (excluding diaryl/α,β-unsaturated/α-hetero) is 1. The van der Waals surface area contributed by atoms with Crippen molar-refractivity contribution in [3.05, 3.63) is 23.8 Å². The summed E-state index contributed by atoms with van der Waals surface area (Å²) in [5, 5.41) is 0. The van der Waals surface area contributed by atoms with Crippen LogP contribution in [0.15, 0.2) is 18.2 Å². The summed E-state index contributed by atoms with van der Waals surface area (Å²) in [6.45, 7) is 0.856. The van der Waals surface area contributed by atoms with E-state index >= 15 is 0 Å². The van der Waals surface area contributed by atoms with Gasteiger partial charge in [-0.15, -0.1) is 0 Å². The topological polar surface area (TPSA) is 35.5 Å². The molecule has 17 heavy (non-hydrogen) atoms. The van der Waals surface area contributed by atoms with Crippen molar-refractivity contribution in [2.45, 2.75) is 13.1 Å². The van der Waals surface area contributed by atoms with E-state index < -0.39 is 17.9 Å². The number of hydrogen-bond donors (Lipinski definition) is 0. The minimum atomic E-state index is -4.53. The second kappa shape index (κ2) is 3.94. The summed E-state index contributed by atoms with van der Waals surface area (Å²) in [6.07, 6.45) is -4.53. The highest BCUT2D eigenvalue weighted by atomic mass is 19.4. The number of alkyl halides is 3. The van der Waals surface area contributed by atoms with Crippen LogP contribution in [0, 0.1) is 5.92 Å². The fraction of sp³-hybridized carbons (Fsp3) is 0.364. The first-order valence-electron chi connectivity index (χ1n) is 4.90. The average molecular weight is 246 g/mol. The molecule has 0 amide bonds. The Hall–Kier alpha value is -1.72. The van der Waals surface area contributed by atoms with Crippen molar-refractivity contribution in [1.29, 1.82) is 0 Å². The first kappa shape index (κ1) is 11.8. The standard InChI is InChI=1S/C11H9F3O3/c1-6(11(12,13)14)10(15)7-2-3-8-9(4-7)17-5-16-8/h2-4,6H,5H2,1H3. The molecule has 3 nitrogen and oxygen atoms in total. The number of hydrogen-bond acceptors (Lipinski definition) is 3. The van der Waals surface area contributed by atoms with Crippen LogP contribution < -0.4 is 9.47 Å². The molecule has 2 rings (SSSR count). The van der Waals surface area contributed by atoms with E-state index in [1.807, 2.05) is 0 Å². The van der Waals surface area contributed by atoms with Gasteiger partial charge in [-0.05, 0) is 25.1 Å². The number of rotatable bonds is 2. The molecule has 0 aliphatic carbocycles. The van der Waals surface area contributed by atoms with Crippen molar-refractivity contribution in [2.24, 2.45) is 5.92 Å². The van der Waals surface area contributed by atoms with Gasteiger partial charge < -0.3 is 9.47 Å². The number of carbonyl (C=O) groups is 1. The second-order valence-corrected chi connectivity index (χ2v) is 3.70. The molecule has 1 aliphatic rings. The van der Waals surface area contributed by atoms with Crippen LogP contribution in [0.25, 0.3) is 0 Å². The predicted octanol–water partition coefficient (Wildman–Crippen LogP) is 2.80. The second-order valence-electron chi connectivity index (χ2n) is 3.70. The van der Waals surface area contributed by atoms with Crippen LogP contribution in [0.1, 0.15) is 17.3 Å². The maximum Gasteiger partial charge on any atom is 0.398 e. The highest BCUT2D eigenvalue weighted by Crippen LogP contribution is 2.35. The van der Waals surface area contributed by atoms with E-state index in [2.05, 4.69) is 0 Å². The molecule has 0 fully saturated rings. The molecule has 6 heteroatoms. The largest absolute Gasteiger partial charge is 0.454 e. The van der Waals surface area contributed by atoms with E-state index in [1.54, 1.807) is 0 Å². The number of fused-ring (bicyclic) bond motifs is 1. The van der Waals surface area contributed by atoms with E-state index in [1.165, 1.54) is 18.2 Å². The lowest BCUT2D eigenvalue weighted by Crippen LogP contribution is -2.27. The summed E-state index contributed by atoms with van der Waals surface area (Å²) in [6, 6.07) is 4.00. The van der Waals surface area contributed by atoms with Crippen LogP contribution in [0.3, 0.4) is 0 Å². The van der Waals surface area contributed by atoms with E-state index in [9.17, 15) is 18.0 Å². The van der Waals surface area contributed by atoms with Gasteiger partial charge in [0, 0.05) is 5.56 Å². The zero-order chi connectivity index (χ0) is 12.6. The quantitative estimate of drug-likeness (QED) is 0.753. The number of ether oxygens (including phenoxy) is 2. The summed E-state index contributed by atoms with van der Waals surface area (Å²) in [4.78, 5) is 11.6. The molecular formula is C11H9F3O3. The average Bonchev–Trinajstić information content (AvgIpc) is 2.72. The Bertz CT molecular complexity index is 454. The summed E-state index contributed by atoms with van der Waals surface area (Å²) >= 11 is 0. The fourth-order valence-electron chi connectivity index (χ4n) is 1.45. The molecule has 1 aromatic carbocycles. The molecule has 0 radical (unpaired) electrons. The zero-order valence-electron chi connectivity index (χ0n) is 8.88. The molecule has 0 aromatic heterocycles. The van der Waals surface area contributed by atoms with Gasteiger partial charge in [-0.3, -0.25) is 4.79 Å². The van der Waals surface area contributed by atoms with Gasteiger partial charge in [-0.25, -0.2) is 0 Å². The van der Waals surface area contributed by atoms with Gasteiger partial charge in [-0.2, -0.15) is 13.2 Å². The van der Waals surface area contributed by atoms with Gasteiger partial charge in [0.25, 0.3) is 0 Å². The normalized spacial score (nSPS) is 15.8. The molecule has 0 bridgehead atoms. The van der Waals surface area contributed by atoms with Crippen LogP contribution in [0.5, 0.6) is 11.5 Å². The van der Waals surface area contributed by atoms with Crippen LogP contribution >= 0.6 is 0 Å². The predicted molar refractivity (Wildman–Crippen MR) is 52.1 cm³/mol. The van der Waals surface area contributed by atoms with Crippen molar-refractivity contribution in [2.75, 3.05) is 6.79 Å². The smallest absolute Gasteiger partial charge is 0.398 e. The minimum Gasteiger partial charge on any atom is -0.454 e. The Kier molecular flexibility index (Phi) is 2.73. The van der Waals surface area contributed by atoms with E-state index in [0.29, 0.717) is 11.5 Å². The molecular weight excluding hydrogens is 237 g/mol. The molecule has 0 spiro atoms. The van der Waals surface area contributed by atoms with Gasteiger partial charge in [0.05, 0.1) is 0 Å². The van der Waals surface area contributed by atoms with E-state index in [4.69, 9.17) is 9.47 Å². The summed E-state index contributed by atoms with van der Waals surface area (Å²) in [7, 11) is 0. The number of carbonyl (C=O) groups excluding carboxylic acids is 1. The molecule has 1 atom stereocenters. The minimum absolute atomic E-state index is 0.0157. The molecule has 92 valence electrons. The van der Waals surface area contributed by atoms with Gasteiger partial charge in [0.15, 0.2) is 17.3 Å². The molecule has 0 N–H and O–H groups in total.